The minimum absolute atomic E-state index is 0.0648. The van der Waals surface area contributed by atoms with Gasteiger partial charge >= 0.3 is 5.97 Å². The molecule has 82 valence electrons. The molecular formula is C10H15N3O2. The first-order chi connectivity index (χ1) is 7.09. The van der Waals surface area contributed by atoms with Crippen LogP contribution in [0.4, 0.5) is 5.95 Å². The molecule has 0 fully saturated rings. The van der Waals surface area contributed by atoms with E-state index in [4.69, 9.17) is 5.11 Å². The van der Waals surface area contributed by atoms with Gasteiger partial charge in [-0.1, -0.05) is 13.8 Å². The van der Waals surface area contributed by atoms with Crippen LogP contribution in [-0.4, -0.2) is 27.6 Å². The fourth-order valence-electron chi connectivity index (χ4n) is 1.01. The highest BCUT2D eigenvalue weighted by atomic mass is 16.4. The lowest BCUT2D eigenvalue weighted by Crippen LogP contribution is -2.09. The van der Waals surface area contributed by atoms with E-state index in [1.807, 2.05) is 0 Å². The zero-order valence-electron chi connectivity index (χ0n) is 8.90. The number of carboxylic acid groups (broad SMARTS) is 1. The monoisotopic (exact) mass is 209 g/mol. The Morgan fingerprint density at radius 2 is 2.07 bits per heavy atom. The van der Waals surface area contributed by atoms with Gasteiger partial charge in [-0.3, -0.25) is 4.79 Å². The molecule has 1 heterocycles. The number of nitrogens with zero attached hydrogens (tertiary/aromatic N) is 2. The molecule has 0 saturated carbocycles. The van der Waals surface area contributed by atoms with E-state index in [0.29, 0.717) is 18.4 Å². The van der Waals surface area contributed by atoms with Gasteiger partial charge in [-0.25, -0.2) is 9.97 Å². The molecule has 1 aromatic rings. The minimum atomic E-state index is -0.832. The van der Waals surface area contributed by atoms with Crippen LogP contribution in [-0.2, 0) is 4.79 Å². The van der Waals surface area contributed by atoms with Crippen molar-refractivity contribution in [3.8, 4) is 0 Å². The maximum atomic E-state index is 10.3. The fourth-order valence-corrected chi connectivity index (χ4v) is 1.01. The van der Waals surface area contributed by atoms with Crippen molar-refractivity contribution in [2.24, 2.45) is 0 Å². The second-order valence-electron chi connectivity index (χ2n) is 3.57. The molecule has 15 heavy (non-hydrogen) atoms. The zero-order chi connectivity index (χ0) is 11.3. The van der Waals surface area contributed by atoms with E-state index in [1.165, 1.54) is 0 Å². The normalized spacial score (nSPS) is 10.3. The van der Waals surface area contributed by atoms with Gasteiger partial charge in [-0.05, 0) is 11.5 Å². The van der Waals surface area contributed by atoms with Gasteiger partial charge in [0.15, 0.2) is 0 Å². The first-order valence-electron chi connectivity index (χ1n) is 4.87. The number of rotatable bonds is 5. The maximum Gasteiger partial charge on any atom is 0.305 e. The highest BCUT2D eigenvalue weighted by molar-refractivity contribution is 5.67. The van der Waals surface area contributed by atoms with Gasteiger partial charge in [-0.2, -0.15) is 0 Å². The summed E-state index contributed by atoms with van der Waals surface area (Å²) in [6, 6.07) is 0. The topological polar surface area (TPSA) is 75.1 Å². The Balaban J connectivity index is 2.46. The molecule has 0 unspecified atom stereocenters. The van der Waals surface area contributed by atoms with Crippen molar-refractivity contribution in [3.05, 3.63) is 18.0 Å². The molecule has 0 aliphatic carbocycles. The summed E-state index contributed by atoms with van der Waals surface area (Å²) in [5.74, 6) is 0.0417. The van der Waals surface area contributed by atoms with Crippen molar-refractivity contribution in [1.29, 1.82) is 0 Å². The molecule has 1 rings (SSSR count). The Bertz CT molecular complexity index is 322. The largest absolute Gasteiger partial charge is 0.481 e. The number of carboxylic acids is 1. The first-order valence-corrected chi connectivity index (χ1v) is 4.87. The molecule has 0 aliphatic heterocycles. The third kappa shape index (κ3) is 3.93. The molecule has 5 nitrogen and oxygen atoms in total. The van der Waals surface area contributed by atoms with E-state index < -0.39 is 5.97 Å². The van der Waals surface area contributed by atoms with Crippen LogP contribution < -0.4 is 5.32 Å². The minimum Gasteiger partial charge on any atom is -0.481 e. The van der Waals surface area contributed by atoms with Crippen molar-refractivity contribution in [2.45, 2.75) is 26.2 Å². The van der Waals surface area contributed by atoms with Crippen molar-refractivity contribution < 1.29 is 9.90 Å². The Morgan fingerprint density at radius 1 is 1.47 bits per heavy atom. The number of carbonyl (C=O) groups is 1. The molecule has 2 N–H and O–H groups in total. The Hall–Kier alpha value is -1.65. The molecule has 0 spiro atoms. The molecule has 0 saturated heterocycles. The van der Waals surface area contributed by atoms with Crippen LogP contribution in [0.5, 0.6) is 0 Å². The Labute approximate surface area is 88.6 Å². The molecule has 0 aliphatic rings. The summed E-state index contributed by atoms with van der Waals surface area (Å²) in [4.78, 5) is 18.4. The summed E-state index contributed by atoms with van der Waals surface area (Å²) in [5, 5.41) is 11.3. The summed E-state index contributed by atoms with van der Waals surface area (Å²) < 4.78 is 0. The van der Waals surface area contributed by atoms with Crippen molar-refractivity contribution in [1.82, 2.24) is 9.97 Å². The van der Waals surface area contributed by atoms with Crippen molar-refractivity contribution >= 4 is 11.9 Å². The number of nitrogens with one attached hydrogen (secondary N) is 1. The molecular weight excluding hydrogens is 194 g/mol. The van der Waals surface area contributed by atoms with Crippen molar-refractivity contribution in [3.63, 3.8) is 0 Å². The fraction of sp³-hybridized carbons (Fsp3) is 0.500. The molecule has 0 aromatic carbocycles. The zero-order valence-corrected chi connectivity index (χ0v) is 8.90. The molecule has 0 bridgehead atoms. The smallest absolute Gasteiger partial charge is 0.305 e. The van der Waals surface area contributed by atoms with Crippen LogP contribution in [0.25, 0.3) is 0 Å². The standard InChI is InChI=1S/C10H15N3O2/c1-7(2)8-5-12-10(13-6-8)11-4-3-9(14)15/h5-7H,3-4H2,1-2H3,(H,14,15)(H,11,12,13). The quantitative estimate of drug-likeness (QED) is 0.768. The number of aliphatic carboxylic acids is 1. The molecule has 0 radical (unpaired) electrons. The summed E-state index contributed by atoms with van der Waals surface area (Å²) in [6.45, 7) is 4.48. The SMILES string of the molecule is CC(C)c1cnc(NCCC(=O)O)nc1. The molecule has 0 amide bonds. The lowest BCUT2D eigenvalue weighted by molar-refractivity contribution is -0.136. The van der Waals surface area contributed by atoms with Crippen LogP contribution in [0.1, 0.15) is 31.7 Å². The average Bonchev–Trinajstić information content (AvgIpc) is 2.18. The molecule has 0 atom stereocenters. The van der Waals surface area contributed by atoms with Crippen LogP contribution >= 0.6 is 0 Å². The predicted octanol–water partition coefficient (Wildman–Crippen LogP) is 1.49. The Morgan fingerprint density at radius 3 is 2.53 bits per heavy atom. The molecule has 5 heteroatoms. The number of hydrogen-bond acceptors (Lipinski definition) is 4. The number of hydrogen-bond donors (Lipinski definition) is 2. The first kappa shape index (κ1) is 11.4. The summed E-state index contributed by atoms with van der Waals surface area (Å²) in [6.07, 6.45) is 3.57. The van der Waals surface area contributed by atoms with Gasteiger partial charge in [0.1, 0.15) is 0 Å². The van der Waals surface area contributed by atoms with E-state index in [0.717, 1.165) is 5.56 Å². The van der Waals surface area contributed by atoms with Gasteiger partial charge in [0.05, 0.1) is 6.42 Å². The van der Waals surface area contributed by atoms with Gasteiger partial charge in [0.25, 0.3) is 0 Å². The van der Waals surface area contributed by atoms with E-state index in [-0.39, 0.29) is 6.42 Å². The van der Waals surface area contributed by atoms with Crippen LogP contribution in [0.2, 0.25) is 0 Å². The highest BCUT2D eigenvalue weighted by Gasteiger charge is 2.01. The second kappa shape index (κ2) is 5.29. The number of aromatic nitrogens is 2. The van der Waals surface area contributed by atoms with Gasteiger partial charge in [0.2, 0.25) is 5.95 Å². The van der Waals surface area contributed by atoms with Crippen molar-refractivity contribution in [2.75, 3.05) is 11.9 Å². The second-order valence-corrected chi connectivity index (χ2v) is 3.57. The Kier molecular flexibility index (Phi) is 4.03. The molecule has 1 aromatic heterocycles. The van der Waals surface area contributed by atoms with Crippen LogP contribution in [0, 0.1) is 0 Å². The summed E-state index contributed by atoms with van der Waals surface area (Å²) >= 11 is 0. The van der Waals surface area contributed by atoms with Gasteiger partial charge < -0.3 is 10.4 Å². The lowest BCUT2D eigenvalue weighted by Gasteiger charge is -2.05. The predicted molar refractivity (Wildman–Crippen MR) is 56.9 cm³/mol. The van der Waals surface area contributed by atoms with E-state index in [9.17, 15) is 4.79 Å². The highest BCUT2D eigenvalue weighted by Crippen LogP contribution is 2.11. The van der Waals surface area contributed by atoms with Crippen LogP contribution in [0.15, 0.2) is 12.4 Å². The van der Waals surface area contributed by atoms with E-state index in [1.54, 1.807) is 12.4 Å². The summed E-state index contributed by atoms with van der Waals surface area (Å²) in [5.41, 5.74) is 1.07. The third-order valence-electron chi connectivity index (χ3n) is 1.96. The summed E-state index contributed by atoms with van der Waals surface area (Å²) in [7, 11) is 0. The van der Waals surface area contributed by atoms with Crippen LogP contribution in [0.3, 0.4) is 0 Å². The number of anilines is 1. The lowest BCUT2D eigenvalue weighted by atomic mass is 10.1. The van der Waals surface area contributed by atoms with Gasteiger partial charge in [0, 0.05) is 18.9 Å². The van der Waals surface area contributed by atoms with E-state index >= 15 is 0 Å². The maximum absolute atomic E-state index is 10.3. The average molecular weight is 209 g/mol. The van der Waals surface area contributed by atoms with E-state index in [2.05, 4.69) is 29.1 Å². The van der Waals surface area contributed by atoms with Gasteiger partial charge in [-0.15, -0.1) is 0 Å². The third-order valence-corrected chi connectivity index (χ3v) is 1.96.